The van der Waals surface area contributed by atoms with Gasteiger partial charge < -0.3 is 4.42 Å². The highest BCUT2D eigenvalue weighted by molar-refractivity contribution is 7.98. The zero-order valence-electron chi connectivity index (χ0n) is 11.1. The summed E-state index contributed by atoms with van der Waals surface area (Å²) in [4.78, 5) is 0. The first-order valence-electron chi connectivity index (χ1n) is 6.28. The lowest BCUT2D eigenvalue weighted by atomic mass is 10.2. The molecule has 0 bridgehead atoms. The smallest absolute Gasteiger partial charge is 0.277 e. The molecule has 7 heteroatoms. The van der Waals surface area contributed by atoms with Crippen molar-refractivity contribution in [1.82, 2.24) is 10.2 Å². The Morgan fingerprint density at radius 3 is 2.55 bits per heavy atom. The largest absolute Gasteiger partial charge is 0.411 e. The molecule has 0 fully saturated rings. The molecule has 1 heterocycles. The molecular weight excluding hydrogens is 346 g/mol. The number of aromatic nitrogens is 2. The first kappa shape index (κ1) is 15.3. The maximum atomic E-state index is 13.0. The van der Waals surface area contributed by atoms with Crippen molar-refractivity contribution in [3.8, 4) is 11.5 Å². The number of halogens is 3. The van der Waals surface area contributed by atoms with Crippen LogP contribution in [0.4, 0.5) is 4.39 Å². The van der Waals surface area contributed by atoms with Crippen LogP contribution in [0, 0.1) is 5.82 Å². The van der Waals surface area contributed by atoms with Gasteiger partial charge in [0.15, 0.2) is 0 Å². The molecule has 0 aliphatic carbocycles. The van der Waals surface area contributed by atoms with Crippen LogP contribution in [-0.2, 0) is 5.75 Å². The Kier molecular flexibility index (Phi) is 4.66. The molecule has 3 nitrogen and oxygen atoms in total. The number of hydrogen-bond acceptors (Lipinski definition) is 4. The van der Waals surface area contributed by atoms with E-state index in [0.29, 0.717) is 26.9 Å². The fourth-order valence-electron chi connectivity index (χ4n) is 1.76. The van der Waals surface area contributed by atoms with Gasteiger partial charge in [0.2, 0.25) is 5.89 Å². The average Bonchev–Trinajstić information content (AvgIpc) is 2.96. The lowest BCUT2D eigenvalue weighted by Gasteiger charge is -2.01. The Morgan fingerprint density at radius 2 is 1.82 bits per heavy atom. The third-order valence-corrected chi connectivity index (χ3v) is 4.33. The summed E-state index contributed by atoms with van der Waals surface area (Å²) < 4.78 is 18.6. The molecule has 22 heavy (non-hydrogen) atoms. The number of rotatable bonds is 4. The van der Waals surface area contributed by atoms with E-state index in [0.717, 1.165) is 11.1 Å². The molecule has 1 aromatic heterocycles. The first-order valence-corrected chi connectivity index (χ1v) is 8.02. The number of hydrogen-bond donors (Lipinski definition) is 0. The fourth-order valence-corrected chi connectivity index (χ4v) is 2.96. The minimum Gasteiger partial charge on any atom is -0.411 e. The van der Waals surface area contributed by atoms with Crippen molar-refractivity contribution in [2.45, 2.75) is 11.0 Å². The van der Waals surface area contributed by atoms with Crippen LogP contribution >= 0.6 is 35.0 Å². The summed E-state index contributed by atoms with van der Waals surface area (Å²) in [5.74, 6) is 0.576. The van der Waals surface area contributed by atoms with Crippen molar-refractivity contribution in [2.24, 2.45) is 0 Å². The predicted octanol–water partition coefficient (Wildman–Crippen LogP) is 5.47. The molecule has 0 N–H and O–H groups in total. The molecule has 3 rings (SSSR count). The van der Waals surface area contributed by atoms with Gasteiger partial charge in [0, 0.05) is 21.4 Å². The normalized spacial score (nSPS) is 10.9. The van der Waals surface area contributed by atoms with Crippen molar-refractivity contribution in [3.63, 3.8) is 0 Å². The second-order valence-electron chi connectivity index (χ2n) is 4.40. The number of nitrogens with zero attached hydrogens (tertiary/aromatic N) is 2. The molecule has 0 radical (unpaired) electrons. The molecule has 0 saturated heterocycles. The van der Waals surface area contributed by atoms with Crippen molar-refractivity contribution >= 4 is 35.0 Å². The number of benzene rings is 2. The molecule has 0 aliphatic rings. The lowest BCUT2D eigenvalue weighted by Crippen LogP contribution is -1.84. The lowest BCUT2D eigenvalue weighted by molar-refractivity contribution is 0.466. The van der Waals surface area contributed by atoms with Crippen molar-refractivity contribution in [2.75, 3.05) is 0 Å². The SMILES string of the molecule is Fc1ccc(CSc2nnc(-c3ccc(Cl)cc3)o2)c(Cl)c1. The van der Waals surface area contributed by atoms with Gasteiger partial charge in [0.25, 0.3) is 5.22 Å². The summed E-state index contributed by atoms with van der Waals surface area (Å²) in [6, 6.07) is 11.4. The maximum Gasteiger partial charge on any atom is 0.277 e. The van der Waals surface area contributed by atoms with Crippen molar-refractivity contribution in [3.05, 3.63) is 63.9 Å². The highest BCUT2D eigenvalue weighted by Crippen LogP contribution is 2.28. The average molecular weight is 355 g/mol. The van der Waals surface area contributed by atoms with Gasteiger partial charge in [-0.15, -0.1) is 10.2 Å². The van der Waals surface area contributed by atoms with Crippen molar-refractivity contribution < 1.29 is 8.81 Å². The van der Waals surface area contributed by atoms with Crippen LogP contribution in [-0.4, -0.2) is 10.2 Å². The highest BCUT2D eigenvalue weighted by atomic mass is 35.5. The van der Waals surface area contributed by atoms with Crippen LogP contribution in [0.1, 0.15) is 5.56 Å². The van der Waals surface area contributed by atoms with E-state index in [1.165, 1.54) is 23.9 Å². The van der Waals surface area contributed by atoms with Gasteiger partial charge >= 0.3 is 0 Å². The van der Waals surface area contributed by atoms with Crippen LogP contribution in [0.2, 0.25) is 10.0 Å². The second-order valence-corrected chi connectivity index (χ2v) is 6.17. The Morgan fingerprint density at radius 1 is 1.05 bits per heavy atom. The zero-order chi connectivity index (χ0) is 15.5. The van der Waals surface area contributed by atoms with Gasteiger partial charge in [-0.2, -0.15) is 0 Å². The first-order chi connectivity index (χ1) is 10.6. The molecular formula is C15H9Cl2FN2OS. The summed E-state index contributed by atoms with van der Waals surface area (Å²) in [6.07, 6.45) is 0. The summed E-state index contributed by atoms with van der Waals surface area (Å²) in [7, 11) is 0. The van der Waals surface area contributed by atoms with E-state index < -0.39 is 0 Å². The molecule has 0 unspecified atom stereocenters. The third kappa shape index (κ3) is 3.61. The number of thioether (sulfide) groups is 1. The van der Waals surface area contributed by atoms with Gasteiger partial charge in [0.05, 0.1) is 0 Å². The van der Waals surface area contributed by atoms with Gasteiger partial charge in [-0.3, -0.25) is 0 Å². The van der Waals surface area contributed by atoms with E-state index in [2.05, 4.69) is 10.2 Å². The topological polar surface area (TPSA) is 38.9 Å². The van der Waals surface area contributed by atoms with Gasteiger partial charge in [0.1, 0.15) is 5.82 Å². The van der Waals surface area contributed by atoms with Crippen LogP contribution in [0.25, 0.3) is 11.5 Å². The quantitative estimate of drug-likeness (QED) is 0.582. The van der Waals surface area contributed by atoms with E-state index in [-0.39, 0.29) is 5.82 Å². The maximum absolute atomic E-state index is 13.0. The Balaban J connectivity index is 1.70. The molecule has 0 atom stereocenters. The van der Waals surface area contributed by atoms with E-state index in [4.69, 9.17) is 27.6 Å². The van der Waals surface area contributed by atoms with Gasteiger partial charge in [-0.1, -0.05) is 41.0 Å². The summed E-state index contributed by atoms with van der Waals surface area (Å²) in [5, 5.41) is 9.41. The fraction of sp³-hybridized carbons (Fsp3) is 0.0667. The van der Waals surface area contributed by atoms with E-state index in [1.807, 2.05) is 0 Å². The van der Waals surface area contributed by atoms with E-state index >= 15 is 0 Å². The van der Waals surface area contributed by atoms with Crippen molar-refractivity contribution in [1.29, 1.82) is 0 Å². The molecule has 0 spiro atoms. The predicted molar refractivity (Wildman–Crippen MR) is 85.7 cm³/mol. The summed E-state index contributed by atoms with van der Waals surface area (Å²) in [6.45, 7) is 0. The third-order valence-electron chi connectivity index (χ3n) is 2.86. The zero-order valence-corrected chi connectivity index (χ0v) is 13.4. The molecule has 112 valence electrons. The highest BCUT2D eigenvalue weighted by Gasteiger charge is 2.10. The van der Waals surface area contributed by atoms with E-state index in [1.54, 1.807) is 30.3 Å². The summed E-state index contributed by atoms with van der Waals surface area (Å²) >= 11 is 13.2. The molecule has 0 amide bonds. The molecule has 3 aromatic rings. The Hall–Kier alpha value is -1.56. The van der Waals surface area contributed by atoms with Crippen LogP contribution < -0.4 is 0 Å². The van der Waals surface area contributed by atoms with Crippen LogP contribution in [0.3, 0.4) is 0 Å². The van der Waals surface area contributed by atoms with Gasteiger partial charge in [-0.25, -0.2) is 4.39 Å². The second kappa shape index (κ2) is 6.69. The Labute approximate surface area is 140 Å². The minimum atomic E-state index is -0.360. The Bertz CT molecular complexity index is 792. The van der Waals surface area contributed by atoms with Crippen LogP contribution in [0.5, 0.6) is 0 Å². The summed E-state index contributed by atoms with van der Waals surface area (Å²) in [5.41, 5.74) is 1.60. The standard InChI is InChI=1S/C15H9Cl2FN2OS/c16-11-4-1-9(2-5-11)14-19-20-15(21-14)22-8-10-3-6-12(18)7-13(10)17/h1-7H,8H2. The minimum absolute atomic E-state index is 0.360. The van der Waals surface area contributed by atoms with Gasteiger partial charge in [-0.05, 0) is 42.0 Å². The molecule has 0 saturated carbocycles. The van der Waals surface area contributed by atoms with E-state index in [9.17, 15) is 4.39 Å². The monoisotopic (exact) mass is 354 g/mol. The molecule has 0 aliphatic heterocycles. The molecule has 2 aromatic carbocycles. The van der Waals surface area contributed by atoms with Crippen LogP contribution in [0.15, 0.2) is 52.1 Å².